The number of ether oxygens (including phenoxy) is 2. The van der Waals surface area contributed by atoms with Crippen LogP contribution in [-0.2, 0) is 11.2 Å². The molecular weight excluding hydrogens is 290 g/mol. The number of rotatable bonds is 6. The number of likely N-dealkylation sites (N-methyl/N-ethyl adjacent to an activating group) is 1. The van der Waals surface area contributed by atoms with E-state index in [1.54, 1.807) is 7.11 Å². The van der Waals surface area contributed by atoms with Crippen molar-refractivity contribution in [3.05, 3.63) is 28.8 Å². The van der Waals surface area contributed by atoms with E-state index in [0.717, 1.165) is 37.6 Å². The molecule has 0 aromatic heterocycles. The lowest BCUT2D eigenvalue weighted by Crippen LogP contribution is -2.54. The van der Waals surface area contributed by atoms with Crippen LogP contribution in [0.1, 0.15) is 12.5 Å². The molecule has 21 heavy (non-hydrogen) atoms. The average molecular weight is 314 g/mol. The van der Waals surface area contributed by atoms with E-state index in [1.165, 1.54) is 0 Å². The van der Waals surface area contributed by atoms with Crippen molar-refractivity contribution in [3.63, 3.8) is 0 Å². The van der Waals surface area contributed by atoms with Crippen molar-refractivity contribution in [2.45, 2.75) is 25.5 Å². The van der Waals surface area contributed by atoms with Crippen LogP contribution >= 0.6 is 11.6 Å². The molecule has 1 aliphatic rings. The number of benzene rings is 1. The normalized spacial score (nSPS) is 21.2. The van der Waals surface area contributed by atoms with E-state index >= 15 is 0 Å². The summed E-state index contributed by atoms with van der Waals surface area (Å²) in [5.74, 6) is 6.57. The van der Waals surface area contributed by atoms with Gasteiger partial charge in [0.05, 0.1) is 25.9 Å². The Kier molecular flexibility index (Phi) is 6.26. The summed E-state index contributed by atoms with van der Waals surface area (Å²) in [6.45, 7) is 5.79. The molecule has 0 saturated carbocycles. The van der Waals surface area contributed by atoms with Gasteiger partial charge in [0.25, 0.3) is 0 Å². The summed E-state index contributed by atoms with van der Waals surface area (Å²) in [5, 5.41) is 0.696. The highest BCUT2D eigenvalue weighted by Crippen LogP contribution is 2.25. The lowest BCUT2D eigenvalue weighted by molar-refractivity contribution is -0.0448. The standard InChI is InChI=1S/C15H24ClN3O2/c1-3-19-6-7-21-15(10-19)13(18-17)9-11-8-12(16)4-5-14(11)20-2/h4-5,8,13,15,18H,3,6-7,9-10,17H2,1-2H3. The van der Waals surface area contributed by atoms with E-state index in [-0.39, 0.29) is 12.1 Å². The van der Waals surface area contributed by atoms with Crippen LogP contribution in [-0.4, -0.2) is 50.4 Å². The third kappa shape index (κ3) is 4.31. The highest BCUT2D eigenvalue weighted by Gasteiger charge is 2.27. The minimum atomic E-state index is 0.0201. The zero-order valence-corrected chi connectivity index (χ0v) is 13.4. The number of nitrogens with zero attached hydrogens (tertiary/aromatic N) is 1. The SMILES string of the molecule is CCN1CCOC(C(Cc2cc(Cl)ccc2OC)NN)C1. The highest BCUT2D eigenvalue weighted by molar-refractivity contribution is 6.30. The van der Waals surface area contributed by atoms with Gasteiger partial charge in [-0.05, 0) is 36.7 Å². The van der Waals surface area contributed by atoms with Gasteiger partial charge in [-0.3, -0.25) is 16.2 Å². The van der Waals surface area contributed by atoms with Crippen LogP contribution in [0, 0.1) is 0 Å². The van der Waals surface area contributed by atoms with E-state index in [0.29, 0.717) is 11.4 Å². The summed E-state index contributed by atoms with van der Waals surface area (Å²) >= 11 is 6.09. The first-order valence-corrected chi connectivity index (χ1v) is 7.68. The van der Waals surface area contributed by atoms with Crippen molar-refractivity contribution in [3.8, 4) is 5.75 Å². The molecule has 1 aliphatic heterocycles. The van der Waals surface area contributed by atoms with Crippen molar-refractivity contribution in [1.82, 2.24) is 10.3 Å². The Labute approximate surface area is 131 Å². The monoisotopic (exact) mass is 313 g/mol. The zero-order valence-electron chi connectivity index (χ0n) is 12.6. The molecule has 2 rings (SSSR count). The molecule has 0 aliphatic carbocycles. The van der Waals surface area contributed by atoms with Gasteiger partial charge in [-0.15, -0.1) is 0 Å². The van der Waals surface area contributed by atoms with Crippen LogP contribution in [0.5, 0.6) is 5.75 Å². The molecule has 0 bridgehead atoms. The van der Waals surface area contributed by atoms with Crippen molar-refractivity contribution >= 4 is 11.6 Å². The Morgan fingerprint density at radius 3 is 3.05 bits per heavy atom. The Morgan fingerprint density at radius 1 is 1.57 bits per heavy atom. The van der Waals surface area contributed by atoms with E-state index in [4.69, 9.17) is 26.9 Å². The molecule has 2 unspecified atom stereocenters. The van der Waals surface area contributed by atoms with Crippen LogP contribution in [0.2, 0.25) is 5.02 Å². The molecule has 5 nitrogen and oxygen atoms in total. The first kappa shape index (κ1) is 16.5. The molecule has 1 aromatic rings. The van der Waals surface area contributed by atoms with Crippen LogP contribution < -0.4 is 16.0 Å². The second-order valence-electron chi connectivity index (χ2n) is 5.24. The van der Waals surface area contributed by atoms with Gasteiger partial charge in [-0.1, -0.05) is 18.5 Å². The van der Waals surface area contributed by atoms with Gasteiger partial charge in [-0.25, -0.2) is 0 Å². The van der Waals surface area contributed by atoms with Gasteiger partial charge in [0, 0.05) is 18.1 Å². The van der Waals surface area contributed by atoms with Crippen LogP contribution in [0.3, 0.4) is 0 Å². The molecule has 1 fully saturated rings. The fraction of sp³-hybridized carbons (Fsp3) is 0.600. The summed E-state index contributed by atoms with van der Waals surface area (Å²) in [7, 11) is 1.66. The fourth-order valence-corrected chi connectivity index (χ4v) is 2.90. The highest BCUT2D eigenvalue weighted by atomic mass is 35.5. The molecule has 0 spiro atoms. The summed E-state index contributed by atoms with van der Waals surface area (Å²) in [5.41, 5.74) is 3.92. The number of hydrogen-bond acceptors (Lipinski definition) is 5. The number of hydrogen-bond donors (Lipinski definition) is 2. The molecule has 3 N–H and O–H groups in total. The van der Waals surface area contributed by atoms with Gasteiger partial charge in [0.2, 0.25) is 0 Å². The molecule has 0 amide bonds. The average Bonchev–Trinajstić information content (AvgIpc) is 2.52. The van der Waals surface area contributed by atoms with E-state index in [2.05, 4.69) is 17.2 Å². The Bertz CT molecular complexity index is 459. The van der Waals surface area contributed by atoms with Gasteiger partial charge in [0.1, 0.15) is 5.75 Å². The van der Waals surface area contributed by atoms with Crippen LogP contribution in [0.25, 0.3) is 0 Å². The van der Waals surface area contributed by atoms with Crippen molar-refractivity contribution < 1.29 is 9.47 Å². The quantitative estimate of drug-likeness (QED) is 0.615. The predicted octanol–water partition coefficient (Wildman–Crippen LogP) is 1.44. The van der Waals surface area contributed by atoms with E-state index in [1.807, 2.05) is 18.2 Å². The van der Waals surface area contributed by atoms with Crippen molar-refractivity contribution in [2.24, 2.45) is 5.84 Å². The topological polar surface area (TPSA) is 59.8 Å². The first-order valence-electron chi connectivity index (χ1n) is 7.30. The maximum atomic E-state index is 6.09. The van der Waals surface area contributed by atoms with Gasteiger partial charge in [0.15, 0.2) is 0 Å². The Hall–Kier alpha value is -0.850. The molecule has 1 saturated heterocycles. The third-order valence-corrected chi connectivity index (χ3v) is 4.21. The molecule has 0 radical (unpaired) electrons. The minimum absolute atomic E-state index is 0.0201. The van der Waals surface area contributed by atoms with Gasteiger partial charge < -0.3 is 9.47 Å². The zero-order chi connectivity index (χ0) is 15.2. The molecule has 2 atom stereocenters. The minimum Gasteiger partial charge on any atom is -0.496 e. The number of halogens is 1. The van der Waals surface area contributed by atoms with Crippen molar-refractivity contribution in [1.29, 1.82) is 0 Å². The van der Waals surface area contributed by atoms with E-state index < -0.39 is 0 Å². The number of methoxy groups -OCH3 is 1. The predicted molar refractivity (Wildman–Crippen MR) is 84.7 cm³/mol. The number of hydrazine groups is 1. The molecule has 1 aromatic carbocycles. The maximum Gasteiger partial charge on any atom is 0.122 e. The second-order valence-corrected chi connectivity index (χ2v) is 5.67. The smallest absolute Gasteiger partial charge is 0.122 e. The van der Waals surface area contributed by atoms with Gasteiger partial charge >= 0.3 is 0 Å². The molecule has 118 valence electrons. The molecular formula is C15H24ClN3O2. The van der Waals surface area contributed by atoms with Gasteiger partial charge in [-0.2, -0.15) is 0 Å². The summed E-state index contributed by atoms with van der Waals surface area (Å²) in [6.07, 6.45) is 0.773. The third-order valence-electron chi connectivity index (χ3n) is 3.97. The van der Waals surface area contributed by atoms with Crippen LogP contribution in [0.15, 0.2) is 18.2 Å². The second kappa shape index (κ2) is 7.96. The number of nitrogens with two attached hydrogens (primary N) is 1. The first-order chi connectivity index (χ1) is 10.2. The Balaban J connectivity index is 2.09. The molecule has 1 heterocycles. The van der Waals surface area contributed by atoms with Crippen LogP contribution in [0.4, 0.5) is 0 Å². The van der Waals surface area contributed by atoms with E-state index in [9.17, 15) is 0 Å². The summed E-state index contributed by atoms with van der Waals surface area (Å²) in [4.78, 5) is 2.37. The summed E-state index contributed by atoms with van der Waals surface area (Å²) < 4.78 is 11.3. The molecule has 6 heteroatoms. The lowest BCUT2D eigenvalue weighted by Gasteiger charge is -2.36. The number of morpholine rings is 1. The number of nitrogens with one attached hydrogen (secondary N) is 1. The fourth-order valence-electron chi connectivity index (χ4n) is 2.70. The maximum absolute atomic E-state index is 6.09. The Morgan fingerprint density at radius 2 is 2.38 bits per heavy atom. The summed E-state index contributed by atoms with van der Waals surface area (Å²) in [6, 6.07) is 5.65. The largest absolute Gasteiger partial charge is 0.496 e. The lowest BCUT2D eigenvalue weighted by atomic mass is 9.99. The van der Waals surface area contributed by atoms with Crippen molar-refractivity contribution in [2.75, 3.05) is 33.4 Å².